The molecule has 0 aliphatic carbocycles. The average molecular weight is 223 g/mol. The lowest BCUT2D eigenvalue weighted by atomic mass is 10.2. The minimum atomic E-state index is 0.632. The molecule has 0 spiro atoms. The predicted octanol–water partition coefficient (Wildman–Crippen LogP) is 2.21. The molecule has 82 valence electrons. The van der Waals surface area contributed by atoms with Gasteiger partial charge in [0.25, 0.3) is 0 Å². The van der Waals surface area contributed by atoms with Crippen molar-refractivity contribution in [3.8, 4) is 11.3 Å². The van der Waals surface area contributed by atoms with Crippen molar-refractivity contribution in [3.05, 3.63) is 54.6 Å². The first-order valence-corrected chi connectivity index (χ1v) is 5.21. The Morgan fingerprint density at radius 1 is 1.18 bits per heavy atom. The van der Waals surface area contributed by atoms with E-state index in [1.54, 1.807) is 24.7 Å². The number of aldehydes is 1. The molecule has 0 aliphatic heterocycles. The summed E-state index contributed by atoms with van der Waals surface area (Å²) in [4.78, 5) is 19.2. The number of carbonyl (C=O) groups is 1. The van der Waals surface area contributed by atoms with E-state index < -0.39 is 0 Å². The maximum absolute atomic E-state index is 10.7. The van der Waals surface area contributed by atoms with Gasteiger partial charge >= 0.3 is 0 Å². The van der Waals surface area contributed by atoms with Crippen LogP contribution in [-0.4, -0.2) is 20.7 Å². The number of hydrogen-bond acceptors (Lipinski definition) is 3. The van der Waals surface area contributed by atoms with Crippen molar-refractivity contribution in [2.75, 3.05) is 0 Å². The van der Waals surface area contributed by atoms with E-state index in [-0.39, 0.29) is 0 Å². The van der Waals surface area contributed by atoms with E-state index in [2.05, 4.69) is 9.97 Å². The Morgan fingerprint density at radius 2 is 2.12 bits per heavy atom. The Labute approximate surface area is 97.6 Å². The van der Waals surface area contributed by atoms with Crippen LogP contribution in [0.5, 0.6) is 0 Å². The van der Waals surface area contributed by atoms with Gasteiger partial charge in [-0.3, -0.25) is 9.78 Å². The fourth-order valence-electron chi connectivity index (χ4n) is 1.73. The zero-order chi connectivity index (χ0) is 11.7. The Bertz CT molecular complexity index is 673. The Kier molecular flexibility index (Phi) is 2.19. The van der Waals surface area contributed by atoms with Crippen LogP contribution in [0, 0.1) is 0 Å². The number of rotatable bonds is 2. The van der Waals surface area contributed by atoms with E-state index >= 15 is 0 Å². The largest absolute Gasteiger partial charge is 0.306 e. The molecule has 0 radical (unpaired) electrons. The number of aromatic nitrogens is 3. The molecule has 4 heteroatoms. The lowest BCUT2D eigenvalue weighted by Gasteiger charge is -1.92. The first-order valence-electron chi connectivity index (χ1n) is 5.21. The fraction of sp³-hybridized carbons (Fsp3) is 0. The summed E-state index contributed by atoms with van der Waals surface area (Å²) in [6.45, 7) is 0. The van der Waals surface area contributed by atoms with Gasteiger partial charge in [-0.25, -0.2) is 4.98 Å². The minimum Gasteiger partial charge on any atom is -0.306 e. The van der Waals surface area contributed by atoms with Crippen LogP contribution >= 0.6 is 0 Å². The van der Waals surface area contributed by atoms with Crippen LogP contribution in [0.4, 0.5) is 0 Å². The van der Waals surface area contributed by atoms with Gasteiger partial charge in [0.2, 0.25) is 0 Å². The molecule has 0 unspecified atom stereocenters. The average Bonchev–Trinajstić information content (AvgIpc) is 2.82. The molecule has 3 aromatic rings. The third-order valence-electron chi connectivity index (χ3n) is 2.57. The molecule has 0 aliphatic rings. The van der Waals surface area contributed by atoms with E-state index in [1.807, 2.05) is 28.8 Å². The van der Waals surface area contributed by atoms with Crippen LogP contribution in [0.3, 0.4) is 0 Å². The summed E-state index contributed by atoms with van der Waals surface area (Å²) in [7, 11) is 0. The minimum absolute atomic E-state index is 0.632. The van der Waals surface area contributed by atoms with Gasteiger partial charge in [0.15, 0.2) is 6.29 Å². The highest BCUT2D eigenvalue weighted by Crippen LogP contribution is 2.17. The second-order valence-corrected chi connectivity index (χ2v) is 3.71. The molecule has 0 saturated carbocycles. The standard InChI is InChI=1S/C13H9N3O/c17-9-10-3-4-13-15-12(8-16(13)7-10)11-2-1-5-14-6-11/h1-9H. The first-order chi connectivity index (χ1) is 8.36. The van der Waals surface area contributed by atoms with Crippen molar-refractivity contribution < 1.29 is 4.79 Å². The highest BCUT2D eigenvalue weighted by molar-refractivity contribution is 5.75. The second-order valence-electron chi connectivity index (χ2n) is 3.71. The molecule has 17 heavy (non-hydrogen) atoms. The quantitative estimate of drug-likeness (QED) is 0.626. The van der Waals surface area contributed by atoms with E-state index in [0.29, 0.717) is 5.56 Å². The maximum atomic E-state index is 10.7. The lowest BCUT2D eigenvalue weighted by molar-refractivity contribution is 0.112. The summed E-state index contributed by atoms with van der Waals surface area (Å²) in [5.74, 6) is 0. The van der Waals surface area contributed by atoms with Crippen LogP contribution in [0.25, 0.3) is 16.9 Å². The first kappa shape index (κ1) is 9.72. The van der Waals surface area contributed by atoms with Crippen LogP contribution in [0.2, 0.25) is 0 Å². The Balaban J connectivity index is 2.17. The zero-order valence-corrected chi connectivity index (χ0v) is 8.95. The molecular weight excluding hydrogens is 214 g/mol. The maximum Gasteiger partial charge on any atom is 0.151 e. The lowest BCUT2D eigenvalue weighted by Crippen LogP contribution is -1.86. The molecule has 0 aromatic carbocycles. The highest BCUT2D eigenvalue weighted by Gasteiger charge is 2.04. The summed E-state index contributed by atoms with van der Waals surface area (Å²) < 4.78 is 1.84. The van der Waals surface area contributed by atoms with Crippen LogP contribution in [0.15, 0.2) is 49.1 Å². The van der Waals surface area contributed by atoms with Crippen LogP contribution < -0.4 is 0 Å². The summed E-state index contributed by atoms with van der Waals surface area (Å²) in [6, 6.07) is 7.40. The third-order valence-corrected chi connectivity index (χ3v) is 2.57. The van der Waals surface area contributed by atoms with Gasteiger partial charge in [-0.15, -0.1) is 0 Å². The smallest absolute Gasteiger partial charge is 0.151 e. The van der Waals surface area contributed by atoms with Crippen molar-refractivity contribution in [3.63, 3.8) is 0 Å². The summed E-state index contributed by atoms with van der Waals surface area (Å²) in [5, 5.41) is 0. The van der Waals surface area contributed by atoms with Crippen LogP contribution in [-0.2, 0) is 0 Å². The topological polar surface area (TPSA) is 47.3 Å². The van der Waals surface area contributed by atoms with Gasteiger partial charge < -0.3 is 4.40 Å². The molecule has 3 heterocycles. The number of imidazole rings is 1. The normalized spacial score (nSPS) is 10.6. The Hall–Kier alpha value is -2.49. The number of nitrogens with zero attached hydrogens (tertiary/aromatic N) is 3. The van der Waals surface area contributed by atoms with E-state index in [0.717, 1.165) is 23.2 Å². The van der Waals surface area contributed by atoms with Gasteiger partial charge in [-0.2, -0.15) is 0 Å². The van der Waals surface area contributed by atoms with Crippen LogP contribution in [0.1, 0.15) is 10.4 Å². The van der Waals surface area contributed by atoms with Gasteiger partial charge in [-0.05, 0) is 24.3 Å². The number of hydrogen-bond donors (Lipinski definition) is 0. The summed E-state index contributed by atoms with van der Waals surface area (Å²) in [6.07, 6.45) is 7.96. The SMILES string of the molecule is O=Cc1ccc2nc(-c3cccnc3)cn2c1. The van der Waals surface area contributed by atoms with E-state index in [4.69, 9.17) is 0 Å². The Morgan fingerprint density at radius 3 is 2.88 bits per heavy atom. The zero-order valence-electron chi connectivity index (χ0n) is 8.95. The number of fused-ring (bicyclic) bond motifs is 1. The van der Waals surface area contributed by atoms with Gasteiger partial charge in [0.05, 0.1) is 5.69 Å². The van der Waals surface area contributed by atoms with Crippen molar-refractivity contribution in [2.45, 2.75) is 0 Å². The third kappa shape index (κ3) is 1.69. The molecule has 0 N–H and O–H groups in total. The van der Waals surface area contributed by atoms with Crippen molar-refractivity contribution in [1.82, 2.24) is 14.4 Å². The molecule has 3 rings (SSSR count). The summed E-state index contributed by atoms with van der Waals surface area (Å²) >= 11 is 0. The second kappa shape index (κ2) is 3.83. The molecule has 0 fully saturated rings. The number of pyridine rings is 2. The molecular formula is C13H9N3O. The van der Waals surface area contributed by atoms with Gasteiger partial charge in [0, 0.05) is 35.9 Å². The molecule has 4 nitrogen and oxygen atoms in total. The monoisotopic (exact) mass is 223 g/mol. The van der Waals surface area contributed by atoms with E-state index in [1.165, 1.54) is 0 Å². The molecule has 0 amide bonds. The van der Waals surface area contributed by atoms with E-state index in [9.17, 15) is 4.79 Å². The molecule has 0 atom stereocenters. The van der Waals surface area contributed by atoms with Crippen molar-refractivity contribution in [1.29, 1.82) is 0 Å². The number of carbonyl (C=O) groups excluding carboxylic acids is 1. The predicted molar refractivity (Wildman–Crippen MR) is 63.8 cm³/mol. The van der Waals surface area contributed by atoms with Crippen molar-refractivity contribution in [2.24, 2.45) is 0 Å². The van der Waals surface area contributed by atoms with Gasteiger partial charge in [0.1, 0.15) is 5.65 Å². The van der Waals surface area contributed by atoms with Gasteiger partial charge in [-0.1, -0.05) is 0 Å². The molecule has 0 bridgehead atoms. The summed E-state index contributed by atoms with van der Waals surface area (Å²) in [5.41, 5.74) is 3.26. The highest BCUT2D eigenvalue weighted by atomic mass is 16.1. The fourth-order valence-corrected chi connectivity index (χ4v) is 1.73. The molecule has 0 saturated heterocycles. The molecule has 3 aromatic heterocycles. The van der Waals surface area contributed by atoms with Crippen molar-refractivity contribution >= 4 is 11.9 Å².